The minimum Gasteiger partial charge on any atom is -0.387 e. The summed E-state index contributed by atoms with van der Waals surface area (Å²) in [5.74, 6) is 0. The minimum absolute atomic E-state index is 0.310. The molecule has 1 aliphatic heterocycles. The summed E-state index contributed by atoms with van der Waals surface area (Å²) in [7, 11) is 1.44. The predicted octanol–water partition coefficient (Wildman–Crippen LogP) is -0.486. The Balaban J connectivity index is 2.53. The zero-order valence-corrected chi connectivity index (χ0v) is 8.26. The highest BCUT2D eigenvalue weighted by Crippen LogP contribution is 2.22. The van der Waals surface area contributed by atoms with Gasteiger partial charge in [0.2, 0.25) is 0 Å². The number of ether oxygens (including phenoxy) is 2. The van der Waals surface area contributed by atoms with Crippen LogP contribution in [0, 0.1) is 0 Å². The Hall–Kier alpha value is 0.570. The number of aliphatic hydroxyl groups excluding tert-OH is 2. The first-order valence-corrected chi connectivity index (χ1v) is 4.83. The summed E-state index contributed by atoms with van der Waals surface area (Å²) in [6.45, 7) is 0. The average molecular weight is 274 g/mol. The SMILES string of the molecule is COC1O[C@H](CI)[C@@H](O)[C@@H]1O. The van der Waals surface area contributed by atoms with Crippen molar-refractivity contribution in [1.82, 2.24) is 0 Å². The first kappa shape index (κ1) is 9.66. The molecule has 1 aliphatic rings. The van der Waals surface area contributed by atoms with Crippen LogP contribution >= 0.6 is 22.6 Å². The molecule has 0 amide bonds. The molecule has 0 bridgehead atoms. The number of methoxy groups -OCH3 is 1. The van der Waals surface area contributed by atoms with Gasteiger partial charge in [-0.25, -0.2) is 0 Å². The van der Waals surface area contributed by atoms with Crippen LogP contribution < -0.4 is 0 Å². The van der Waals surface area contributed by atoms with Gasteiger partial charge in [-0.2, -0.15) is 0 Å². The highest BCUT2D eigenvalue weighted by atomic mass is 127. The molecule has 1 rings (SSSR count). The summed E-state index contributed by atoms with van der Waals surface area (Å²) >= 11 is 2.09. The molecule has 1 unspecified atom stereocenters. The lowest BCUT2D eigenvalue weighted by Crippen LogP contribution is -2.33. The Labute approximate surface area is 78.6 Å². The smallest absolute Gasteiger partial charge is 0.186 e. The fourth-order valence-electron chi connectivity index (χ4n) is 1.04. The predicted molar refractivity (Wildman–Crippen MR) is 46.6 cm³/mol. The van der Waals surface area contributed by atoms with Crippen molar-refractivity contribution < 1.29 is 19.7 Å². The summed E-state index contributed by atoms with van der Waals surface area (Å²) in [6.07, 6.45) is -2.73. The summed E-state index contributed by atoms with van der Waals surface area (Å²) in [5.41, 5.74) is 0. The molecule has 0 aromatic carbocycles. The van der Waals surface area contributed by atoms with Crippen molar-refractivity contribution in [3.05, 3.63) is 0 Å². The molecular formula is C6H11IO4. The van der Waals surface area contributed by atoms with Crippen molar-refractivity contribution in [3.8, 4) is 0 Å². The van der Waals surface area contributed by atoms with Crippen molar-refractivity contribution in [2.75, 3.05) is 11.5 Å². The van der Waals surface area contributed by atoms with Crippen molar-refractivity contribution >= 4 is 22.6 Å². The van der Waals surface area contributed by atoms with Crippen molar-refractivity contribution in [2.24, 2.45) is 0 Å². The van der Waals surface area contributed by atoms with Gasteiger partial charge in [0.15, 0.2) is 6.29 Å². The normalized spacial score (nSPS) is 44.7. The van der Waals surface area contributed by atoms with Crippen molar-refractivity contribution in [2.45, 2.75) is 24.6 Å². The number of aliphatic hydroxyl groups is 2. The second kappa shape index (κ2) is 3.99. The number of hydrogen-bond acceptors (Lipinski definition) is 4. The van der Waals surface area contributed by atoms with E-state index in [1.807, 2.05) is 0 Å². The Morgan fingerprint density at radius 1 is 1.45 bits per heavy atom. The van der Waals surface area contributed by atoms with E-state index in [4.69, 9.17) is 9.47 Å². The van der Waals surface area contributed by atoms with Crippen LogP contribution in [0.15, 0.2) is 0 Å². The Morgan fingerprint density at radius 3 is 2.36 bits per heavy atom. The molecule has 1 heterocycles. The molecule has 11 heavy (non-hydrogen) atoms. The molecule has 4 nitrogen and oxygen atoms in total. The summed E-state index contributed by atoms with van der Waals surface area (Å²) in [6, 6.07) is 0. The number of hydrogen-bond donors (Lipinski definition) is 2. The standard InChI is InChI=1S/C6H11IO4/c1-10-6-5(9)4(8)3(2-7)11-6/h3-6,8-9H,2H2,1H3/t3-,4-,5+,6?/m1/s1. The van der Waals surface area contributed by atoms with E-state index >= 15 is 0 Å². The zero-order valence-electron chi connectivity index (χ0n) is 6.11. The van der Waals surface area contributed by atoms with E-state index in [0.717, 1.165) is 0 Å². The lowest BCUT2D eigenvalue weighted by Gasteiger charge is -2.11. The average Bonchev–Trinajstić information content (AvgIpc) is 2.30. The molecule has 0 aliphatic carbocycles. The number of halogens is 1. The summed E-state index contributed by atoms with van der Waals surface area (Å²) in [4.78, 5) is 0. The molecule has 66 valence electrons. The molecule has 0 saturated carbocycles. The van der Waals surface area contributed by atoms with Gasteiger partial charge in [-0.3, -0.25) is 0 Å². The van der Waals surface area contributed by atoms with E-state index in [9.17, 15) is 10.2 Å². The molecule has 2 N–H and O–H groups in total. The molecule has 1 saturated heterocycles. The maximum Gasteiger partial charge on any atom is 0.186 e. The summed E-state index contributed by atoms with van der Waals surface area (Å²) < 4.78 is 10.6. The Kier molecular flexibility index (Phi) is 3.51. The van der Waals surface area contributed by atoms with Crippen LogP contribution in [-0.2, 0) is 9.47 Å². The molecular weight excluding hydrogens is 263 g/mol. The molecule has 1 fully saturated rings. The molecule has 0 radical (unpaired) electrons. The topological polar surface area (TPSA) is 58.9 Å². The highest BCUT2D eigenvalue weighted by Gasteiger charge is 2.42. The second-order valence-electron chi connectivity index (χ2n) is 2.41. The maximum atomic E-state index is 9.30. The quantitative estimate of drug-likeness (QED) is 0.527. The van der Waals surface area contributed by atoms with Crippen LogP contribution in [0.1, 0.15) is 0 Å². The van der Waals surface area contributed by atoms with Crippen LogP contribution in [0.5, 0.6) is 0 Å². The van der Waals surface area contributed by atoms with Gasteiger partial charge < -0.3 is 19.7 Å². The van der Waals surface area contributed by atoms with Crippen LogP contribution in [0.25, 0.3) is 0 Å². The minimum atomic E-state index is -0.917. The first-order chi connectivity index (χ1) is 5.20. The fraction of sp³-hybridized carbons (Fsp3) is 1.00. The molecule has 4 atom stereocenters. The number of alkyl halides is 1. The van der Waals surface area contributed by atoms with E-state index in [0.29, 0.717) is 4.43 Å². The van der Waals surface area contributed by atoms with Gasteiger partial charge in [-0.1, -0.05) is 22.6 Å². The molecule has 0 aromatic rings. The van der Waals surface area contributed by atoms with Crippen LogP contribution in [0.2, 0.25) is 0 Å². The third-order valence-corrected chi connectivity index (χ3v) is 2.57. The zero-order chi connectivity index (χ0) is 8.43. The maximum absolute atomic E-state index is 9.30. The van der Waals surface area contributed by atoms with Crippen LogP contribution in [0.4, 0.5) is 0 Å². The molecule has 0 spiro atoms. The first-order valence-electron chi connectivity index (χ1n) is 3.31. The van der Waals surface area contributed by atoms with Gasteiger partial charge in [0, 0.05) is 11.5 Å². The molecule has 5 heteroatoms. The van der Waals surface area contributed by atoms with E-state index in [2.05, 4.69) is 22.6 Å². The molecule has 0 aromatic heterocycles. The van der Waals surface area contributed by atoms with Gasteiger partial charge in [-0.05, 0) is 0 Å². The third kappa shape index (κ3) is 1.83. The second-order valence-corrected chi connectivity index (χ2v) is 3.29. The largest absolute Gasteiger partial charge is 0.387 e. The third-order valence-electron chi connectivity index (χ3n) is 1.70. The van der Waals surface area contributed by atoms with E-state index in [-0.39, 0.29) is 6.10 Å². The van der Waals surface area contributed by atoms with E-state index < -0.39 is 18.5 Å². The van der Waals surface area contributed by atoms with Gasteiger partial charge in [0.1, 0.15) is 12.2 Å². The van der Waals surface area contributed by atoms with Crippen molar-refractivity contribution in [1.29, 1.82) is 0 Å². The van der Waals surface area contributed by atoms with E-state index in [1.165, 1.54) is 7.11 Å². The van der Waals surface area contributed by atoms with Gasteiger partial charge in [-0.15, -0.1) is 0 Å². The Bertz CT molecular complexity index is 114. The lowest BCUT2D eigenvalue weighted by atomic mass is 10.2. The van der Waals surface area contributed by atoms with Crippen LogP contribution in [0.3, 0.4) is 0 Å². The highest BCUT2D eigenvalue weighted by molar-refractivity contribution is 14.1. The van der Waals surface area contributed by atoms with Gasteiger partial charge in [0.05, 0.1) is 6.10 Å². The number of rotatable bonds is 2. The van der Waals surface area contributed by atoms with Crippen LogP contribution in [-0.4, -0.2) is 46.4 Å². The lowest BCUT2D eigenvalue weighted by molar-refractivity contribution is -0.145. The monoisotopic (exact) mass is 274 g/mol. The fourth-order valence-corrected chi connectivity index (χ4v) is 1.77. The van der Waals surface area contributed by atoms with Gasteiger partial charge >= 0.3 is 0 Å². The van der Waals surface area contributed by atoms with Crippen molar-refractivity contribution in [3.63, 3.8) is 0 Å². The van der Waals surface area contributed by atoms with E-state index in [1.54, 1.807) is 0 Å². The Morgan fingerprint density at radius 2 is 2.09 bits per heavy atom. The van der Waals surface area contributed by atoms with Gasteiger partial charge in [0.25, 0.3) is 0 Å². The summed E-state index contributed by atoms with van der Waals surface area (Å²) in [5, 5.41) is 18.6.